The Kier molecular flexibility index (Phi) is 6.37. The number of amides is 1. The van der Waals surface area contributed by atoms with Crippen molar-refractivity contribution in [3.05, 3.63) is 54.2 Å². The number of aromatic nitrogens is 1. The average Bonchev–Trinajstić information content (AvgIpc) is 2.73. The van der Waals surface area contributed by atoms with Gasteiger partial charge in [0, 0.05) is 32.1 Å². The number of hydrogen-bond donors (Lipinski definition) is 1. The SMILES string of the molecule is O=C(Nc1ccccn1)ON=C1CCN(S(=O)(=O)c2cccc(C(F)(F)F)c2)CC1. The molecular weight excluding hydrogens is 425 g/mol. The third kappa shape index (κ3) is 5.33. The number of nitrogens with one attached hydrogen (secondary N) is 1. The Morgan fingerprint density at radius 2 is 1.87 bits per heavy atom. The van der Waals surface area contributed by atoms with E-state index in [0.29, 0.717) is 11.8 Å². The third-order valence-corrected chi connectivity index (χ3v) is 6.15. The summed E-state index contributed by atoms with van der Waals surface area (Å²) in [5, 5.41) is 6.10. The summed E-state index contributed by atoms with van der Waals surface area (Å²) in [5.74, 6) is 0.282. The van der Waals surface area contributed by atoms with Crippen LogP contribution in [0.2, 0.25) is 0 Å². The van der Waals surface area contributed by atoms with Crippen molar-refractivity contribution in [3.63, 3.8) is 0 Å². The maximum atomic E-state index is 12.9. The molecule has 30 heavy (non-hydrogen) atoms. The number of sulfonamides is 1. The Bertz CT molecular complexity index is 1030. The first kappa shape index (κ1) is 21.7. The van der Waals surface area contributed by atoms with Gasteiger partial charge in [-0.25, -0.2) is 18.2 Å². The maximum absolute atomic E-state index is 12.9. The zero-order valence-electron chi connectivity index (χ0n) is 15.5. The van der Waals surface area contributed by atoms with Crippen LogP contribution in [-0.4, -0.2) is 42.6 Å². The van der Waals surface area contributed by atoms with Crippen LogP contribution >= 0.6 is 0 Å². The molecule has 1 aliphatic rings. The number of oxime groups is 1. The number of pyridine rings is 1. The molecule has 1 N–H and O–H groups in total. The molecule has 1 aromatic heterocycles. The normalized spacial score (nSPS) is 15.5. The van der Waals surface area contributed by atoms with Gasteiger partial charge in [-0.1, -0.05) is 17.3 Å². The van der Waals surface area contributed by atoms with E-state index < -0.39 is 32.8 Å². The molecule has 0 radical (unpaired) electrons. The van der Waals surface area contributed by atoms with Gasteiger partial charge in [-0.2, -0.15) is 17.5 Å². The molecule has 0 bridgehead atoms. The summed E-state index contributed by atoms with van der Waals surface area (Å²) in [7, 11) is -4.09. The molecule has 8 nitrogen and oxygen atoms in total. The zero-order chi connectivity index (χ0) is 21.8. The largest absolute Gasteiger partial charge is 0.439 e. The van der Waals surface area contributed by atoms with Crippen molar-refractivity contribution in [1.29, 1.82) is 0 Å². The quantitative estimate of drug-likeness (QED) is 0.577. The van der Waals surface area contributed by atoms with Gasteiger partial charge < -0.3 is 0 Å². The molecule has 2 aromatic rings. The molecule has 0 unspecified atom stereocenters. The highest BCUT2D eigenvalue weighted by molar-refractivity contribution is 7.89. The van der Waals surface area contributed by atoms with Gasteiger partial charge in [-0.05, 0) is 30.3 Å². The van der Waals surface area contributed by atoms with Gasteiger partial charge in [0.25, 0.3) is 0 Å². The minimum atomic E-state index is -4.64. The molecule has 1 aromatic carbocycles. The van der Waals surface area contributed by atoms with Gasteiger partial charge in [0.15, 0.2) is 0 Å². The first-order chi connectivity index (χ1) is 14.2. The van der Waals surface area contributed by atoms with E-state index in [0.717, 1.165) is 22.5 Å². The number of carbonyl (C=O) groups is 1. The van der Waals surface area contributed by atoms with Crippen molar-refractivity contribution >= 4 is 27.6 Å². The minimum absolute atomic E-state index is 0.00261. The summed E-state index contributed by atoms with van der Waals surface area (Å²) in [4.78, 5) is 19.9. The van der Waals surface area contributed by atoms with E-state index in [-0.39, 0.29) is 31.7 Å². The Morgan fingerprint density at radius 3 is 2.50 bits per heavy atom. The topological polar surface area (TPSA) is 101 Å². The fraction of sp³-hybridized carbons (Fsp3) is 0.278. The van der Waals surface area contributed by atoms with Crippen LogP contribution < -0.4 is 5.32 Å². The van der Waals surface area contributed by atoms with Crippen LogP contribution in [0, 0.1) is 0 Å². The molecule has 0 atom stereocenters. The van der Waals surface area contributed by atoms with Crippen LogP contribution in [0.25, 0.3) is 0 Å². The number of benzene rings is 1. The molecule has 1 aliphatic heterocycles. The highest BCUT2D eigenvalue weighted by atomic mass is 32.2. The second-order valence-electron chi connectivity index (χ2n) is 6.31. The lowest BCUT2D eigenvalue weighted by Gasteiger charge is -2.26. The van der Waals surface area contributed by atoms with Crippen LogP contribution in [0.15, 0.2) is 58.7 Å². The van der Waals surface area contributed by atoms with Crippen molar-refractivity contribution in [2.75, 3.05) is 18.4 Å². The Hall–Kier alpha value is -2.99. The van der Waals surface area contributed by atoms with Crippen LogP contribution in [0.1, 0.15) is 18.4 Å². The molecule has 3 rings (SSSR count). The summed E-state index contributed by atoms with van der Waals surface area (Å²) in [5.41, 5.74) is -0.572. The van der Waals surface area contributed by atoms with E-state index in [2.05, 4.69) is 15.5 Å². The van der Waals surface area contributed by atoms with Gasteiger partial charge in [0.2, 0.25) is 10.0 Å². The Morgan fingerprint density at radius 1 is 1.13 bits per heavy atom. The average molecular weight is 442 g/mol. The number of halogens is 3. The smallest absolute Gasteiger partial charge is 0.298 e. The van der Waals surface area contributed by atoms with Crippen LogP contribution in [0.5, 0.6) is 0 Å². The van der Waals surface area contributed by atoms with E-state index in [4.69, 9.17) is 4.84 Å². The Labute approximate surface area is 170 Å². The second kappa shape index (κ2) is 8.79. The van der Waals surface area contributed by atoms with E-state index in [1.165, 1.54) is 6.20 Å². The minimum Gasteiger partial charge on any atom is -0.298 e. The lowest BCUT2D eigenvalue weighted by Crippen LogP contribution is -2.38. The highest BCUT2D eigenvalue weighted by Crippen LogP contribution is 2.31. The molecule has 1 fully saturated rings. The lowest BCUT2D eigenvalue weighted by atomic mass is 10.1. The maximum Gasteiger partial charge on any atom is 0.439 e. The van der Waals surface area contributed by atoms with E-state index >= 15 is 0 Å². The summed E-state index contributed by atoms with van der Waals surface area (Å²) in [6.07, 6.45) is -3.65. The van der Waals surface area contributed by atoms with Crippen molar-refractivity contribution in [2.24, 2.45) is 5.16 Å². The summed E-state index contributed by atoms with van der Waals surface area (Å²) in [6.45, 7) is 0.00522. The number of hydrogen-bond acceptors (Lipinski definition) is 6. The summed E-state index contributed by atoms with van der Waals surface area (Å²) < 4.78 is 65.0. The third-order valence-electron chi connectivity index (χ3n) is 4.25. The van der Waals surface area contributed by atoms with Gasteiger partial charge in [0.05, 0.1) is 16.2 Å². The van der Waals surface area contributed by atoms with E-state index in [9.17, 15) is 26.4 Å². The van der Waals surface area contributed by atoms with Gasteiger partial charge >= 0.3 is 12.3 Å². The number of nitrogens with zero attached hydrogens (tertiary/aromatic N) is 3. The fourth-order valence-electron chi connectivity index (χ4n) is 2.73. The molecule has 0 spiro atoms. The first-order valence-electron chi connectivity index (χ1n) is 8.78. The standard InChI is InChI=1S/C18H17F3N4O4S/c19-18(20,21)13-4-3-5-15(12-13)30(27,28)25-10-7-14(8-11-25)24-29-17(26)23-16-6-1-2-9-22-16/h1-6,9,12H,7-8,10-11H2,(H,22,23,26). The van der Waals surface area contributed by atoms with Crippen molar-refractivity contribution in [1.82, 2.24) is 9.29 Å². The summed E-state index contributed by atoms with van der Waals surface area (Å²) >= 11 is 0. The zero-order valence-corrected chi connectivity index (χ0v) is 16.3. The number of rotatable bonds is 4. The van der Waals surface area contributed by atoms with Crippen LogP contribution in [0.3, 0.4) is 0 Å². The predicted octanol–water partition coefficient (Wildman–Crippen LogP) is 3.49. The van der Waals surface area contributed by atoms with E-state index in [1.54, 1.807) is 18.2 Å². The van der Waals surface area contributed by atoms with Crippen molar-refractivity contribution < 1.29 is 31.2 Å². The molecule has 0 aliphatic carbocycles. The predicted molar refractivity (Wildman–Crippen MR) is 101 cm³/mol. The molecule has 0 saturated carbocycles. The monoisotopic (exact) mass is 442 g/mol. The number of anilines is 1. The molecule has 1 saturated heterocycles. The number of carbonyl (C=O) groups excluding carboxylic acids is 1. The highest BCUT2D eigenvalue weighted by Gasteiger charge is 2.33. The van der Waals surface area contributed by atoms with Crippen molar-refractivity contribution in [2.45, 2.75) is 23.9 Å². The van der Waals surface area contributed by atoms with E-state index in [1.807, 2.05) is 0 Å². The molecule has 2 heterocycles. The van der Waals surface area contributed by atoms with Gasteiger partial charge in [-0.15, -0.1) is 0 Å². The molecule has 12 heteroatoms. The lowest BCUT2D eigenvalue weighted by molar-refractivity contribution is -0.137. The van der Waals surface area contributed by atoms with Crippen LogP contribution in [0.4, 0.5) is 23.8 Å². The van der Waals surface area contributed by atoms with Crippen LogP contribution in [-0.2, 0) is 21.0 Å². The van der Waals surface area contributed by atoms with Crippen molar-refractivity contribution in [3.8, 4) is 0 Å². The molecule has 1 amide bonds. The summed E-state index contributed by atoms with van der Waals surface area (Å²) in [6, 6.07) is 8.52. The van der Waals surface area contributed by atoms with Gasteiger partial charge in [-0.3, -0.25) is 10.2 Å². The Balaban J connectivity index is 1.59. The number of piperidine rings is 1. The first-order valence-corrected chi connectivity index (χ1v) is 10.2. The molecule has 160 valence electrons. The fourth-order valence-corrected chi connectivity index (χ4v) is 4.22. The molecular formula is C18H17F3N4O4S. The van der Waals surface area contributed by atoms with Gasteiger partial charge in [0.1, 0.15) is 5.82 Å². The second-order valence-corrected chi connectivity index (χ2v) is 8.24. The number of alkyl halides is 3.